The maximum absolute atomic E-state index is 11.0. The lowest BCUT2D eigenvalue weighted by Crippen LogP contribution is -2.44. The summed E-state index contributed by atoms with van der Waals surface area (Å²) in [7, 11) is 0. The predicted octanol–water partition coefficient (Wildman–Crippen LogP) is 2.53. The third kappa shape index (κ3) is 3.36. The molecule has 0 spiro atoms. The molecule has 0 saturated carbocycles. The standard InChI is InChI=1S/C15H16BrNO3/c1-9(18)14(15(19)20)17-8-10-6-11-4-2-3-5-12(11)13(16)7-10/h2-7,9,14,17-18H,8H2,1H3,(H,19,20)/t9-,14+/m1/s1. The van der Waals surface area contributed by atoms with Gasteiger partial charge in [0.15, 0.2) is 0 Å². The molecule has 106 valence electrons. The molecular weight excluding hydrogens is 322 g/mol. The molecule has 0 unspecified atom stereocenters. The van der Waals surface area contributed by atoms with Crippen molar-refractivity contribution in [1.29, 1.82) is 0 Å². The maximum atomic E-state index is 11.0. The highest BCUT2D eigenvalue weighted by Gasteiger charge is 2.22. The Hall–Kier alpha value is -1.43. The molecule has 0 bridgehead atoms. The number of rotatable bonds is 5. The largest absolute Gasteiger partial charge is 0.480 e. The van der Waals surface area contributed by atoms with Gasteiger partial charge in [-0.1, -0.05) is 40.2 Å². The number of halogens is 1. The number of hydrogen-bond donors (Lipinski definition) is 3. The molecule has 0 aliphatic carbocycles. The number of benzene rings is 2. The van der Waals surface area contributed by atoms with E-state index in [0.29, 0.717) is 6.54 Å². The highest BCUT2D eigenvalue weighted by molar-refractivity contribution is 9.10. The Morgan fingerprint density at radius 2 is 2.05 bits per heavy atom. The molecule has 2 atom stereocenters. The third-order valence-corrected chi connectivity index (χ3v) is 3.80. The van der Waals surface area contributed by atoms with Crippen LogP contribution in [0.3, 0.4) is 0 Å². The van der Waals surface area contributed by atoms with Gasteiger partial charge in [0.05, 0.1) is 6.10 Å². The number of aliphatic hydroxyl groups excluding tert-OH is 1. The van der Waals surface area contributed by atoms with Gasteiger partial charge < -0.3 is 10.2 Å². The molecule has 0 saturated heterocycles. The number of carboxylic acids is 1. The Balaban J connectivity index is 2.20. The molecule has 0 aromatic heterocycles. The highest BCUT2D eigenvalue weighted by Crippen LogP contribution is 2.25. The molecule has 5 heteroatoms. The topological polar surface area (TPSA) is 69.6 Å². The number of aliphatic carboxylic acids is 1. The lowest BCUT2D eigenvalue weighted by atomic mass is 10.1. The molecule has 3 N–H and O–H groups in total. The molecule has 2 aromatic rings. The van der Waals surface area contributed by atoms with E-state index in [0.717, 1.165) is 20.8 Å². The third-order valence-electron chi connectivity index (χ3n) is 3.15. The van der Waals surface area contributed by atoms with E-state index in [1.807, 2.05) is 36.4 Å². The molecule has 0 fully saturated rings. The average Bonchev–Trinajstić information content (AvgIpc) is 2.38. The van der Waals surface area contributed by atoms with Crippen LogP contribution in [-0.4, -0.2) is 28.3 Å². The Kier molecular flexibility index (Phi) is 4.75. The van der Waals surface area contributed by atoms with E-state index < -0.39 is 18.1 Å². The quantitative estimate of drug-likeness (QED) is 0.784. The maximum Gasteiger partial charge on any atom is 0.323 e. The van der Waals surface area contributed by atoms with Crippen molar-refractivity contribution in [2.75, 3.05) is 0 Å². The summed E-state index contributed by atoms with van der Waals surface area (Å²) in [6.07, 6.45) is -0.948. The number of carbonyl (C=O) groups is 1. The van der Waals surface area contributed by atoms with Crippen LogP contribution in [0.1, 0.15) is 12.5 Å². The van der Waals surface area contributed by atoms with E-state index in [1.165, 1.54) is 6.92 Å². The fourth-order valence-corrected chi connectivity index (χ4v) is 2.77. The van der Waals surface area contributed by atoms with Crippen molar-refractivity contribution in [2.24, 2.45) is 0 Å². The van der Waals surface area contributed by atoms with Crippen LogP contribution >= 0.6 is 15.9 Å². The number of nitrogens with one attached hydrogen (secondary N) is 1. The second-order valence-electron chi connectivity index (χ2n) is 4.74. The molecule has 0 amide bonds. The summed E-state index contributed by atoms with van der Waals surface area (Å²) in [6, 6.07) is 10.9. The van der Waals surface area contributed by atoms with Crippen molar-refractivity contribution >= 4 is 32.7 Å². The van der Waals surface area contributed by atoms with Crippen LogP contribution in [0.25, 0.3) is 10.8 Å². The second-order valence-corrected chi connectivity index (χ2v) is 5.59. The number of fused-ring (bicyclic) bond motifs is 1. The van der Waals surface area contributed by atoms with Gasteiger partial charge in [-0.15, -0.1) is 0 Å². The van der Waals surface area contributed by atoms with Crippen molar-refractivity contribution in [3.05, 3.63) is 46.4 Å². The first kappa shape index (κ1) is 15.0. The summed E-state index contributed by atoms with van der Waals surface area (Å²) < 4.78 is 0.969. The van der Waals surface area contributed by atoms with Gasteiger partial charge in [0.1, 0.15) is 6.04 Å². The van der Waals surface area contributed by atoms with E-state index in [4.69, 9.17) is 5.11 Å². The minimum Gasteiger partial charge on any atom is -0.480 e. The van der Waals surface area contributed by atoms with E-state index in [-0.39, 0.29) is 0 Å². The van der Waals surface area contributed by atoms with E-state index in [1.54, 1.807) is 0 Å². The smallest absolute Gasteiger partial charge is 0.323 e. The van der Waals surface area contributed by atoms with Crippen molar-refractivity contribution in [3.63, 3.8) is 0 Å². The molecule has 4 nitrogen and oxygen atoms in total. The SMILES string of the molecule is C[C@@H](O)[C@H](NCc1cc(Br)c2ccccc2c1)C(=O)O. The van der Waals surface area contributed by atoms with Gasteiger partial charge in [0.25, 0.3) is 0 Å². The lowest BCUT2D eigenvalue weighted by Gasteiger charge is -2.17. The molecule has 20 heavy (non-hydrogen) atoms. The van der Waals surface area contributed by atoms with Gasteiger partial charge in [-0.2, -0.15) is 0 Å². The van der Waals surface area contributed by atoms with Crippen LogP contribution in [0.2, 0.25) is 0 Å². The summed E-state index contributed by atoms with van der Waals surface area (Å²) in [5, 5.41) is 23.5. The summed E-state index contributed by atoms with van der Waals surface area (Å²) in [5.41, 5.74) is 0.961. The molecule has 0 radical (unpaired) electrons. The lowest BCUT2D eigenvalue weighted by molar-refractivity contribution is -0.142. The van der Waals surface area contributed by atoms with Gasteiger partial charge in [-0.25, -0.2) is 0 Å². The van der Waals surface area contributed by atoms with E-state index in [9.17, 15) is 9.90 Å². The highest BCUT2D eigenvalue weighted by atomic mass is 79.9. The van der Waals surface area contributed by atoms with Crippen molar-refractivity contribution in [3.8, 4) is 0 Å². The van der Waals surface area contributed by atoms with Gasteiger partial charge in [0, 0.05) is 11.0 Å². The second kappa shape index (κ2) is 6.35. The minimum absolute atomic E-state index is 0.380. The summed E-state index contributed by atoms with van der Waals surface area (Å²) in [5.74, 6) is -1.06. The molecular formula is C15H16BrNO3. The van der Waals surface area contributed by atoms with Crippen LogP contribution in [0, 0.1) is 0 Å². The fraction of sp³-hybridized carbons (Fsp3) is 0.267. The Morgan fingerprint density at radius 3 is 2.70 bits per heavy atom. The average molecular weight is 338 g/mol. The van der Waals surface area contributed by atoms with Gasteiger partial charge in [0.2, 0.25) is 0 Å². The van der Waals surface area contributed by atoms with Crippen LogP contribution in [0.5, 0.6) is 0 Å². The molecule has 0 heterocycles. The van der Waals surface area contributed by atoms with Crippen LogP contribution < -0.4 is 5.32 Å². The Bertz CT molecular complexity index is 628. The molecule has 2 rings (SSSR count). The van der Waals surface area contributed by atoms with Crippen molar-refractivity contribution in [1.82, 2.24) is 5.32 Å². The van der Waals surface area contributed by atoms with Crippen molar-refractivity contribution < 1.29 is 15.0 Å². The minimum atomic E-state index is -1.06. The van der Waals surface area contributed by atoms with Gasteiger partial charge in [-0.3, -0.25) is 10.1 Å². The summed E-state index contributed by atoms with van der Waals surface area (Å²) in [4.78, 5) is 11.0. The summed E-state index contributed by atoms with van der Waals surface area (Å²) in [6.45, 7) is 1.84. The van der Waals surface area contributed by atoms with Crippen LogP contribution in [0.15, 0.2) is 40.9 Å². The zero-order valence-electron chi connectivity index (χ0n) is 11.0. The number of aliphatic hydroxyl groups is 1. The van der Waals surface area contributed by atoms with Gasteiger partial charge >= 0.3 is 5.97 Å². The normalized spacial score (nSPS) is 14.2. The Morgan fingerprint density at radius 1 is 1.35 bits per heavy atom. The monoisotopic (exact) mass is 337 g/mol. The number of carboxylic acid groups (broad SMARTS) is 1. The first-order valence-corrected chi connectivity index (χ1v) is 7.10. The number of hydrogen-bond acceptors (Lipinski definition) is 3. The first-order valence-electron chi connectivity index (χ1n) is 6.30. The zero-order chi connectivity index (χ0) is 14.7. The first-order chi connectivity index (χ1) is 9.49. The fourth-order valence-electron chi connectivity index (χ4n) is 2.12. The van der Waals surface area contributed by atoms with Crippen LogP contribution in [0.4, 0.5) is 0 Å². The van der Waals surface area contributed by atoms with Crippen molar-refractivity contribution in [2.45, 2.75) is 25.6 Å². The molecule has 2 aromatic carbocycles. The predicted molar refractivity (Wildman–Crippen MR) is 81.6 cm³/mol. The molecule has 0 aliphatic heterocycles. The van der Waals surface area contributed by atoms with E-state index in [2.05, 4.69) is 21.2 Å². The Labute approximate surface area is 125 Å². The zero-order valence-corrected chi connectivity index (χ0v) is 12.6. The molecule has 0 aliphatic rings. The summed E-state index contributed by atoms with van der Waals surface area (Å²) >= 11 is 3.52. The van der Waals surface area contributed by atoms with Crippen LogP contribution in [-0.2, 0) is 11.3 Å². The van der Waals surface area contributed by atoms with Gasteiger partial charge in [-0.05, 0) is 35.4 Å². The van der Waals surface area contributed by atoms with E-state index >= 15 is 0 Å².